The van der Waals surface area contributed by atoms with Crippen LogP contribution < -0.4 is 21.4 Å². The Balaban J connectivity index is 1.43. The maximum atomic E-state index is 15.7. The van der Waals surface area contributed by atoms with Gasteiger partial charge >= 0.3 is 5.97 Å². The molecule has 1 saturated heterocycles. The van der Waals surface area contributed by atoms with E-state index in [1.54, 1.807) is 4.90 Å². The number of hydrogen-bond acceptors (Lipinski definition) is 9. The number of pyridine rings is 3. The van der Waals surface area contributed by atoms with Crippen molar-refractivity contribution < 1.29 is 27.9 Å². The number of halogens is 3. The third-order valence-corrected chi connectivity index (χ3v) is 7.79. The Kier molecular flexibility index (Phi) is 7.45. The fourth-order valence-corrected chi connectivity index (χ4v) is 5.19. The Morgan fingerprint density at radius 2 is 1.86 bits per heavy atom. The lowest BCUT2D eigenvalue weighted by Gasteiger charge is -2.25. The fraction of sp³-hybridized carbons (Fsp3) is 0.300. The number of aromatic carboxylic acids is 1. The molecule has 4 aromatic rings. The van der Waals surface area contributed by atoms with Crippen molar-refractivity contribution >= 4 is 34.4 Å². The van der Waals surface area contributed by atoms with Crippen LogP contribution in [0.3, 0.4) is 0 Å². The molecule has 228 valence electrons. The zero-order chi connectivity index (χ0) is 31.2. The molecule has 0 radical (unpaired) electrons. The van der Waals surface area contributed by atoms with E-state index in [1.165, 1.54) is 0 Å². The first kappa shape index (κ1) is 29.1. The van der Waals surface area contributed by atoms with E-state index < -0.39 is 56.9 Å². The van der Waals surface area contributed by atoms with Gasteiger partial charge in [0.2, 0.25) is 5.43 Å². The number of oxime groups is 1. The van der Waals surface area contributed by atoms with E-state index in [0.717, 1.165) is 35.2 Å². The molecule has 0 amide bonds. The van der Waals surface area contributed by atoms with E-state index >= 15 is 4.39 Å². The van der Waals surface area contributed by atoms with Gasteiger partial charge in [0.15, 0.2) is 40.6 Å². The van der Waals surface area contributed by atoms with E-state index in [0.29, 0.717) is 24.4 Å². The van der Waals surface area contributed by atoms with Crippen LogP contribution in [-0.4, -0.2) is 57.0 Å². The number of benzene rings is 1. The van der Waals surface area contributed by atoms with Crippen molar-refractivity contribution in [1.82, 2.24) is 19.9 Å². The number of carboxylic acids is 1. The highest BCUT2D eigenvalue weighted by molar-refractivity contribution is 5.97. The van der Waals surface area contributed by atoms with Crippen molar-refractivity contribution in [2.45, 2.75) is 32.4 Å². The van der Waals surface area contributed by atoms with Crippen LogP contribution in [0, 0.1) is 22.9 Å². The molecule has 2 fully saturated rings. The third-order valence-electron chi connectivity index (χ3n) is 7.79. The van der Waals surface area contributed by atoms with Crippen molar-refractivity contribution in [1.29, 1.82) is 0 Å². The van der Waals surface area contributed by atoms with Crippen molar-refractivity contribution in [3.05, 3.63) is 87.5 Å². The minimum absolute atomic E-state index is 0.126. The molecular formula is C30H28F3N7O4. The predicted molar refractivity (Wildman–Crippen MR) is 156 cm³/mol. The summed E-state index contributed by atoms with van der Waals surface area (Å²) < 4.78 is 45.5. The Labute approximate surface area is 248 Å². The molecule has 6 rings (SSSR count). The molecule has 1 saturated carbocycles. The van der Waals surface area contributed by atoms with Gasteiger partial charge in [-0.1, -0.05) is 42.4 Å². The van der Waals surface area contributed by atoms with E-state index in [1.807, 2.05) is 37.3 Å². The summed E-state index contributed by atoms with van der Waals surface area (Å²) in [6.45, 7) is 3.13. The Morgan fingerprint density at radius 3 is 2.57 bits per heavy atom. The maximum Gasteiger partial charge on any atom is 0.341 e. The number of carbonyl (C=O) groups is 1. The lowest BCUT2D eigenvalue weighted by atomic mass is 9.88. The van der Waals surface area contributed by atoms with E-state index in [4.69, 9.17) is 10.6 Å². The summed E-state index contributed by atoms with van der Waals surface area (Å²) >= 11 is 0. The molecule has 1 aliphatic heterocycles. The first-order valence-corrected chi connectivity index (χ1v) is 13.9. The number of nitrogen functional groups attached to an aromatic ring is 1. The van der Waals surface area contributed by atoms with Crippen molar-refractivity contribution in [3.63, 3.8) is 0 Å². The molecule has 4 N–H and O–H groups in total. The Bertz CT molecular complexity index is 1860. The van der Waals surface area contributed by atoms with Crippen LogP contribution in [0.4, 0.5) is 24.8 Å². The summed E-state index contributed by atoms with van der Waals surface area (Å²) in [5.41, 5.74) is 4.42. The lowest BCUT2D eigenvalue weighted by molar-refractivity contribution is 0.0695. The fourth-order valence-electron chi connectivity index (χ4n) is 5.19. The normalized spacial score (nSPS) is 19.2. The minimum Gasteiger partial charge on any atom is -0.477 e. The molecule has 1 aliphatic carbocycles. The number of carboxylic acid groups (broad SMARTS) is 1. The topological polar surface area (TPSA) is 148 Å². The maximum absolute atomic E-state index is 15.7. The highest BCUT2D eigenvalue weighted by Crippen LogP contribution is 2.34. The third kappa shape index (κ3) is 5.55. The number of aromatic nitrogens is 3. The largest absolute Gasteiger partial charge is 0.477 e. The molecule has 3 aromatic heterocycles. The first-order valence-electron chi connectivity index (χ1n) is 13.9. The second-order valence-corrected chi connectivity index (χ2v) is 11.2. The molecule has 11 nitrogen and oxygen atoms in total. The summed E-state index contributed by atoms with van der Waals surface area (Å²) in [6, 6.07) is 11.2. The molecule has 44 heavy (non-hydrogen) atoms. The second-order valence-electron chi connectivity index (χ2n) is 11.2. The summed E-state index contributed by atoms with van der Waals surface area (Å²) in [5, 5.41) is 17.1. The molecule has 0 bridgehead atoms. The van der Waals surface area contributed by atoms with Crippen LogP contribution in [-0.2, 0) is 11.4 Å². The predicted octanol–water partition coefficient (Wildman–Crippen LogP) is 3.63. The Morgan fingerprint density at radius 1 is 1.14 bits per heavy atom. The summed E-state index contributed by atoms with van der Waals surface area (Å²) in [5.74, 6) is -6.33. The number of nitrogens with one attached hydrogen (secondary N) is 1. The van der Waals surface area contributed by atoms with Crippen LogP contribution in [0.2, 0.25) is 0 Å². The number of anilines is 2. The van der Waals surface area contributed by atoms with Gasteiger partial charge in [-0.25, -0.2) is 27.9 Å². The van der Waals surface area contributed by atoms with Gasteiger partial charge in [-0.15, -0.1) is 0 Å². The minimum atomic E-state index is -1.64. The average molecular weight is 608 g/mol. The van der Waals surface area contributed by atoms with Gasteiger partial charge in [-0.2, -0.15) is 0 Å². The van der Waals surface area contributed by atoms with E-state index in [-0.39, 0.29) is 31.2 Å². The van der Waals surface area contributed by atoms with E-state index in [2.05, 4.69) is 20.4 Å². The molecule has 14 heteroatoms. The number of nitrogens with zero attached hydrogens (tertiary/aromatic N) is 5. The molecule has 1 atom stereocenters. The van der Waals surface area contributed by atoms with Crippen LogP contribution in [0.25, 0.3) is 16.9 Å². The number of rotatable bonds is 9. The molecular weight excluding hydrogens is 579 g/mol. The molecule has 1 unspecified atom stereocenters. The molecule has 4 heterocycles. The standard InChI is InChI=1S/C30H28F3N7O4/c1-30(14-35-17-7-8-17)15-39(12-23(30)38-44-13-16-5-3-2-4-6-16)27-21(32)9-18-24(41)19(29(42)43)11-40(26(18)37-27)28-22(33)10-20(31)25(34)36-28/h2-6,9-11,17,35H,7-8,12-15H2,1H3,(H2,34,36)(H,42,43)/b38-23-. The van der Waals surface area contributed by atoms with Gasteiger partial charge in [-0.3, -0.25) is 9.36 Å². The molecule has 1 aromatic carbocycles. The van der Waals surface area contributed by atoms with Crippen LogP contribution in [0.15, 0.2) is 58.6 Å². The smallest absolute Gasteiger partial charge is 0.341 e. The zero-order valence-electron chi connectivity index (χ0n) is 23.6. The van der Waals surface area contributed by atoms with Gasteiger partial charge in [0, 0.05) is 36.8 Å². The highest BCUT2D eigenvalue weighted by atomic mass is 19.1. The quantitative estimate of drug-likeness (QED) is 0.243. The average Bonchev–Trinajstić information content (AvgIpc) is 3.77. The van der Waals surface area contributed by atoms with Crippen molar-refractivity contribution in [2.24, 2.45) is 10.6 Å². The van der Waals surface area contributed by atoms with Gasteiger partial charge in [0.05, 0.1) is 17.6 Å². The van der Waals surface area contributed by atoms with E-state index in [9.17, 15) is 23.5 Å². The van der Waals surface area contributed by atoms with Crippen LogP contribution >= 0.6 is 0 Å². The van der Waals surface area contributed by atoms with Gasteiger partial charge in [-0.05, 0) is 24.5 Å². The molecule has 2 aliphatic rings. The Hall–Kier alpha value is -4.98. The number of nitrogens with two attached hydrogens (primary N) is 1. The van der Waals surface area contributed by atoms with Gasteiger partial charge < -0.3 is 25.9 Å². The van der Waals surface area contributed by atoms with Crippen LogP contribution in [0.5, 0.6) is 0 Å². The van der Waals surface area contributed by atoms with Gasteiger partial charge in [0.1, 0.15) is 12.2 Å². The van der Waals surface area contributed by atoms with Gasteiger partial charge in [0.25, 0.3) is 0 Å². The van der Waals surface area contributed by atoms with Crippen LogP contribution in [0.1, 0.15) is 35.7 Å². The first-order chi connectivity index (χ1) is 21.0. The lowest BCUT2D eigenvalue weighted by Crippen LogP contribution is -2.39. The molecule has 0 spiro atoms. The van der Waals surface area contributed by atoms with Crippen molar-refractivity contribution in [2.75, 3.05) is 30.3 Å². The summed E-state index contributed by atoms with van der Waals surface area (Å²) in [4.78, 5) is 40.3. The number of fused-ring (bicyclic) bond motifs is 1. The summed E-state index contributed by atoms with van der Waals surface area (Å²) in [6.07, 6.45) is 2.93. The second kappa shape index (κ2) is 11.3. The zero-order valence-corrected chi connectivity index (χ0v) is 23.6. The SMILES string of the molecule is CC1(CNC2CC2)CN(c2nc3c(cc2F)c(=O)c(C(=O)O)cn3-c2nc(N)c(F)cc2F)C/C1=N/OCc1ccccc1. The number of hydrogen-bond donors (Lipinski definition) is 3. The summed E-state index contributed by atoms with van der Waals surface area (Å²) in [7, 11) is 0. The highest BCUT2D eigenvalue weighted by Gasteiger charge is 2.43. The monoisotopic (exact) mass is 607 g/mol. The van der Waals surface area contributed by atoms with Crippen molar-refractivity contribution in [3.8, 4) is 5.82 Å².